The zero-order valence-electron chi connectivity index (χ0n) is 11.6. The second-order valence-corrected chi connectivity index (χ2v) is 10.3. The minimum atomic E-state index is -3.17. The van der Waals surface area contributed by atoms with Crippen LogP contribution in [-0.2, 0) is 9.84 Å². The second-order valence-electron chi connectivity index (χ2n) is 8.12. The topological polar surface area (TPSA) is 34.1 Å². The molecule has 0 saturated heterocycles. The third-order valence-corrected chi connectivity index (χ3v) is 11.2. The largest absolute Gasteiger partial charge is 0.223 e. The Bertz CT molecular complexity index is 868. The third kappa shape index (κ3) is 0.600. The lowest BCUT2D eigenvalue weighted by atomic mass is 9.65. The Balaban J connectivity index is 1.51. The first-order chi connectivity index (χ1) is 10.2. The molecule has 0 N–H and O–H groups in total. The normalized spacial score (nSPS) is 62.2. The maximum absolute atomic E-state index is 13.4. The van der Waals surface area contributed by atoms with Gasteiger partial charge in [0.15, 0.2) is 9.84 Å². The molecule has 0 radical (unpaired) electrons. The highest BCUT2D eigenvalue weighted by Crippen LogP contribution is 3.14. The Hall–Kier alpha value is -1.09. The van der Waals surface area contributed by atoms with Crippen LogP contribution in [0.15, 0.2) is 47.4 Å². The number of hydrogen-bond donors (Lipinski definition) is 0. The van der Waals surface area contributed by atoms with E-state index in [9.17, 15) is 8.42 Å². The summed E-state index contributed by atoms with van der Waals surface area (Å²) in [4.78, 5) is 0.569. The molecule has 7 aliphatic carbocycles. The van der Waals surface area contributed by atoms with Crippen molar-refractivity contribution >= 4 is 9.84 Å². The van der Waals surface area contributed by atoms with Crippen LogP contribution >= 0.6 is 0 Å². The summed E-state index contributed by atoms with van der Waals surface area (Å²) in [5.74, 6) is 2.99. The molecule has 1 aromatic carbocycles. The van der Waals surface area contributed by atoms with E-state index in [1.165, 1.54) is 12.8 Å². The second kappa shape index (κ2) is 2.44. The lowest BCUT2D eigenvalue weighted by Gasteiger charge is -2.43. The van der Waals surface area contributed by atoms with Gasteiger partial charge in [0, 0.05) is 5.41 Å². The average Bonchev–Trinajstić information content (AvgIpc) is 2.96. The third-order valence-electron chi connectivity index (χ3n) is 8.50. The van der Waals surface area contributed by atoms with Crippen molar-refractivity contribution in [2.45, 2.75) is 22.5 Å². The summed E-state index contributed by atoms with van der Waals surface area (Å²) >= 11 is 0. The van der Waals surface area contributed by atoms with Gasteiger partial charge in [0.25, 0.3) is 0 Å². The maximum atomic E-state index is 13.4. The first-order valence-electron chi connectivity index (χ1n) is 8.14. The first kappa shape index (κ1) is 10.6. The summed E-state index contributed by atoms with van der Waals surface area (Å²) in [6, 6.07) is 9.24. The van der Waals surface area contributed by atoms with Gasteiger partial charge in [-0.2, -0.15) is 0 Å². The van der Waals surface area contributed by atoms with E-state index < -0.39 is 9.84 Å². The van der Waals surface area contributed by atoms with Crippen LogP contribution in [0.4, 0.5) is 0 Å². The smallest absolute Gasteiger partial charge is 0.185 e. The molecule has 106 valence electrons. The van der Waals surface area contributed by atoms with Crippen LogP contribution in [0.5, 0.6) is 0 Å². The summed E-state index contributed by atoms with van der Waals surface area (Å²) in [5.41, 5.74) is 0.613. The van der Waals surface area contributed by atoms with Gasteiger partial charge in [0.1, 0.15) is 0 Å². The fraction of sp³-hybridized carbons (Fsp3) is 0.556. The Morgan fingerprint density at radius 2 is 1.76 bits per heavy atom. The van der Waals surface area contributed by atoms with Gasteiger partial charge < -0.3 is 0 Å². The molecule has 2 nitrogen and oxygen atoms in total. The molecule has 0 aromatic heterocycles. The summed E-state index contributed by atoms with van der Waals surface area (Å²) in [5, 5.41) is 0. The molecule has 8 rings (SSSR count). The Morgan fingerprint density at radius 3 is 2.57 bits per heavy atom. The summed E-state index contributed by atoms with van der Waals surface area (Å²) in [6.07, 6.45) is 7.23. The molecule has 7 aliphatic rings. The molecule has 8 atom stereocenters. The molecule has 6 saturated carbocycles. The molecule has 0 unspecified atom stereocenters. The van der Waals surface area contributed by atoms with Gasteiger partial charge in [-0.1, -0.05) is 30.4 Å². The predicted molar refractivity (Wildman–Crippen MR) is 77.0 cm³/mol. The van der Waals surface area contributed by atoms with Crippen LogP contribution in [0.1, 0.15) is 12.8 Å². The molecule has 0 heterocycles. The fourth-order valence-corrected chi connectivity index (χ4v) is 11.8. The van der Waals surface area contributed by atoms with Gasteiger partial charge in [-0.25, -0.2) is 8.42 Å². The molecular formula is C18H16O2S. The quantitative estimate of drug-likeness (QED) is 0.786. The van der Waals surface area contributed by atoms with E-state index in [2.05, 4.69) is 12.2 Å². The van der Waals surface area contributed by atoms with Crippen molar-refractivity contribution < 1.29 is 8.42 Å². The zero-order valence-corrected chi connectivity index (χ0v) is 12.4. The van der Waals surface area contributed by atoms with Crippen molar-refractivity contribution in [3.05, 3.63) is 42.5 Å². The van der Waals surface area contributed by atoms with Gasteiger partial charge >= 0.3 is 0 Å². The lowest BCUT2D eigenvalue weighted by Crippen LogP contribution is -2.50. The van der Waals surface area contributed by atoms with Crippen LogP contribution in [0.2, 0.25) is 0 Å². The van der Waals surface area contributed by atoms with Gasteiger partial charge in [0.05, 0.1) is 9.64 Å². The standard InChI is InChI=1S/C18H16O2S/c19-21(20,12-4-2-1-3-5-12)18-14-9-13-15(18)16(13)10-6-7-11(8-10)17(14,16)18/h1-7,10-11,13-15H,8-9H2/t10-,11-,13+,14-,15+,16-,17-,18-/m0/s1. The highest BCUT2D eigenvalue weighted by atomic mass is 32.2. The summed E-state index contributed by atoms with van der Waals surface area (Å²) in [6.45, 7) is 0. The zero-order chi connectivity index (χ0) is 13.8. The number of rotatable bonds is 2. The average molecular weight is 296 g/mol. The summed E-state index contributed by atoms with van der Waals surface area (Å²) < 4.78 is 26.5. The highest BCUT2D eigenvalue weighted by Gasteiger charge is 3.17. The molecule has 0 aliphatic heterocycles. The Labute approximate surface area is 124 Å². The van der Waals surface area contributed by atoms with Crippen molar-refractivity contribution in [3.63, 3.8) is 0 Å². The Morgan fingerprint density at radius 1 is 1.00 bits per heavy atom. The fourth-order valence-electron chi connectivity index (χ4n) is 8.70. The lowest BCUT2D eigenvalue weighted by molar-refractivity contribution is 0.133. The molecule has 4 bridgehead atoms. The molecule has 1 aromatic rings. The van der Waals surface area contributed by atoms with Crippen LogP contribution < -0.4 is 0 Å². The van der Waals surface area contributed by atoms with Crippen molar-refractivity contribution in [3.8, 4) is 0 Å². The van der Waals surface area contributed by atoms with E-state index in [1.807, 2.05) is 18.2 Å². The van der Waals surface area contributed by atoms with Crippen LogP contribution in [0, 0.1) is 40.4 Å². The number of sulfone groups is 1. The number of benzene rings is 1. The van der Waals surface area contributed by atoms with Crippen molar-refractivity contribution in [2.75, 3.05) is 0 Å². The van der Waals surface area contributed by atoms with Gasteiger partial charge in [-0.05, 0) is 60.0 Å². The minimum absolute atomic E-state index is 0.170. The van der Waals surface area contributed by atoms with Crippen molar-refractivity contribution in [1.82, 2.24) is 0 Å². The first-order valence-corrected chi connectivity index (χ1v) is 9.62. The summed E-state index contributed by atoms with van der Waals surface area (Å²) in [7, 11) is -3.17. The van der Waals surface area contributed by atoms with E-state index >= 15 is 0 Å². The molecule has 3 heteroatoms. The molecular weight excluding hydrogens is 280 g/mol. The molecule has 2 spiro atoms. The number of allylic oxidation sites excluding steroid dienone is 2. The number of hydrogen-bond acceptors (Lipinski definition) is 2. The SMILES string of the molecule is O=S(=O)(c1ccccc1)[C@]12[C@@H]3[C@H]4C[C@H]1[C@]21[C@H]2C=C[C@@H](C2)[C@]431. The minimum Gasteiger partial charge on any atom is -0.223 e. The van der Waals surface area contributed by atoms with Crippen LogP contribution in [0.25, 0.3) is 0 Å². The van der Waals surface area contributed by atoms with E-state index in [4.69, 9.17) is 0 Å². The van der Waals surface area contributed by atoms with E-state index in [0.29, 0.717) is 34.0 Å². The van der Waals surface area contributed by atoms with Gasteiger partial charge in [-0.3, -0.25) is 0 Å². The van der Waals surface area contributed by atoms with E-state index in [0.717, 1.165) is 5.92 Å². The van der Waals surface area contributed by atoms with E-state index in [1.54, 1.807) is 12.1 Å². The van der Waals surface area contributed by atoms with Crippen molar-refractivity contribution in [1.29, 1.82) is 0 Å². The number of fused-ring (bicyclic) bond motifs is 2. The Kier molecular flexibility index (Phi) is 1.23. The predicted octanol–water partition coefficient (Wildman–Crippen LogP) is 2.67. The van der Waals surface area contributed by atoms with Crippen LogP contribution in [0.3, 0.4) is 0 Å². The maximum Gasteiger partial charge on any atom is 0.185 e. The monoisotopic (exact) mass is 296 g/mol. The van der Waals surface area contributed by atoms with Crippen molar-refractivity contribution in [2.24, 2.45) is 40.4 Å². The molecule has 21 heavy (non-hydrogen) atoms. The van der Waals surface area contributed by atoms with Crippen LogP contribution in [-0.4, -0.2) is 13.2 Å². The molecule has 6 fully saturated rings. The van der Waals surface area contributed by atoms with Gasteiger partial charge in [-0.15, -0.1) is 0 Å². The highest BCUT2D eigenvalue weighted by molar-refractivity contribution is 7.93. The van der Waals surface area contributed by atoms with Gasteiger partial charge in [0.2, 0.25) is 0 Å². The van der Waals surface area contributed by atoms with E-state index in [-0.39, 0.29) is 10.2 Å². The molecule has 0 amide bonds.